The van der Waals surface area contributed by atoms with E-state index >= 15 is 0 Å². The van der Waals surface area contributed by atoms with Crippen LogP contribution in [0.25, 0.3) is 0 Å². The molecule has 2 saturated carbocycles. The van der Waals surface area contributed by atoms with Gasteiger partial charge in [0.1, 0.15) is 11.6 Å². The molecule has 3 rings (SSSR count). The summed E-state index contributed by atoms with van der Waals surface area (Å²) in [5.74, 6) is -1.12. The number of benzene rings is 1. The summed E-state index contributed by atoms with van der Waals surface area (Å²) in [5, 5.41) is 14.6. The fourth-order valence-corrected chi connectivity index (χ4v) is 2.82. The molecule has 22 heavy (non-hydrogen) atoms. The molecule has 0 saturated heterocycles. The van der Waals surface area contributed by atoms with E-state index in [0.29, 0.717) is 19.4 Å². The highest BCUT2D eigenvalue weighted by molar-refractivity contribution is 5.74. The van der Waals surface area contributed by atoms with Gasteiger partial charge in [-0.2, -0.15) is 0 Å². The first-order valence-corrected chi connectivity index (χ1v) is 7.57. The average molecular weight is 310 g/mol. The quantitative estimate of drug-likeness (QED) is 0.753. The summed E-state index contributed by atoms with van der Waals surface area (Å²) < 4.78 is 27.7. The molecule has 1 aromatic carbocycles. The first kappa shape index (κ1) is 15.2. The minimum absolute atomic E-state index is 0.0671. The molecule has 4 nitrogen and oxygen atoms in total. The predicted octanol–water partition coefficient (Wildman–Crippen LogP) is 2.07. The fraction of sp³-hybridized carbons (Fsp3) is 0.562. The molecule has 0 radical (unpaired) electrons. The summed E-state index contributed by atoms with van der Waals surface area (Å²) in [7, 11) is 0. The molecule has 1 aromatic rings. The molecule has 0 aromatic heterocycles. The molecular weight excluding hydrogens is 290 g/mol. The third kappa shape index (κ3) is 2.92. The number of carbonyl (C=O) groups is 1. The van der Waals surface area contributed by atoms with Crippen molar-refractivity contribution in [3.63, 3.8) is 0 Å². The fourth-order valence-electron chi connectivity index (χ4n) is 2.82. The summed E-state index contributed by atoms with van der Waals surface area (Å²) in [4.78, 5) is 11.8. The van der Waals surface area contributed by atoms with Crippen molar-refractivity contribution < 1.29 is 18.7 Å². The number of nitrogens with one attached hydrogen (secondary N) is 2. The minimum atomic E-state index is -0.624. The molecule has 0 heterocycles. The summed E-state index contributed by atoms with van der Waals surface area (Å²) in [6.07, 6.45) is 3.14. The van der Waals surface area contributed by atoms with Gasteiger partial charge in [-0.25, -0.2) is 13.6 Å². The van der Waals surface area contributed by atoms with Crippen LogP contribution in [0.4, 0.5) is 13.6 Å². The van der Waals surface area contributed by atoms with Crippen molar-refractivity contribution in [1.82, 2.24) is 10.6 Å². The number of hydrogen-bond donors (Lipinski definition) is 3. The van der Waals surface area contributed by atoms with Crippen LogP contribution in [0.3, 0.4) is 0 Å². The van der Waals surface area contributed by atoms with E-state index in [1.165, 1.54) is 18.2 Å². The molecule has 0 atom stereocenters. The maximum Gasteiger partial charge on any atom is 0.314 e. The van der Waals surface area contributed by atoms with Crippen molar-refractivity contribution in [3.8, 4) is 0 Å². The molecular formula is C16H20F2N2O2. The molecule has 2 aliphatic rings. The number of urea groups is 1. The molecule has 2 amide bonds. The Kier molecular flexibility index (Phi) is 3.80. The standard InChI is InChI=1S/C16H20F2N2O2/c17-11-2-1-3-12(18)13(11)16(6-7-16)9-20-14(22)19-8-15(10-21)4-5-15/h1-3,21H,4-10H2,(H2,19,20,22). The van der Waals surface area contributed by atoms with Crippen LogP contribution in [0.1, 0.15) is 31.2 Å². The number of amides is 2. The molecule has 120 valence electrons. The predicted molar refractivity (Wildman–Crippen MR) is 77.4 cm³/mol. The highest BCUT2D eigenvalue weighted by atomic mass is 19.1. The molecule has 0 spiro atoms. The minimum Gasteiger partial charge on any atom is -0.396 e. The third-order valence-electron chi connectivity index (χ3n) is 4.85. The summed E-state index contributed by atoms with van der Waals surface area (Å²) >= 11 is 0. The van der Waals surface area contributed by atoms with Gasteiger partial charge in [-0.3, -0.25) is 0 Å². The van der Waals surface area contributed by atoms with E-state index < -0.39 is 17.0 Å². The zero-order valence-corrected chi connectivity index (χ0v) is 12.3. The first-order valence-electron chi connectivity index (χ1n) is 7.57. The maximum absolute atomic E-state index is 13.9. The second kappa shape index (κ2) is 5.50. The monoisotopic (exact) mass is 310 g/mol. The number of aliphatic hydroxyl groups excluding tert-OH is 1. The molecule has 6 heteroatoms. The van der Waals surface area contributed by atoms with Gasteiger partial charge in [0.05, 0.1) is 6.61 Å². The normalized spacial score (nSPS) is 20.3. The molecule has 0 bridgehead atoms. The number of hydrogen-bond acceptors (Lipinski definition) is 2. The Hall–Kier alpha value is -1.69. The summed E-state index contributed by atoms with van der Waals surface area (Å²) in [5.41, 5.74) is -0.711. The Bertz CT molecular complexity index is 563. The number of aliphatic hydroxyl groups is 1. The number of rotatable bonds is 6. The van der Waals surface area contributed by atoms with E-state index in [2.05, 4.69) is 10.6 Å². The van der Waals surface area contributed by atoms with Gasteiger partial charge < -0.3 is 15.7 Å². The SMILES string of the molecule is O=C(NCC1(CO)CC1)NCC1(c2c(F)cccc2F)CC1. The van der Waals surface area contributed by atoms with Crippen LogP contribution in [0.2, 0.25) is 0 Å². The Morgan fingerprint density at radius 2 is 1.68 bits per heavy atom. The lowest BCUT2D eigenvalue weighted by Crippen LogP contribution is -2.42. The van der Waals surface area contributed by atoms with E-state index in [9.17, 15) is 18.7 Å². The van der Waals surface area contributed by atoms with Crippen molar-refractivity contribution in [2.24, 2.45) is 5.41 Å². The van der Waals surface area contributed by atoms with Gasteiger partial charge in [0.15, 0.2) is 0 Å². The van der Waals surface area contributed by atoms with Crippen molar-refractivity contribution in [3.05, 3.63) is 35.4 Å². The van der Waals surface area contributed by atoms with Gasteiger partial charge >= 0.3 is 6.03 Å². The van der Waals surface area contributed by atoms with Gasteiger partial charge in [0.25, 0.3) is 0 Å². The van der Waals surface area contributed by atoms with Crippen molar-refractivity contribution in [2.45, 2.75) is 31.1 Å². The second-order valence-electron chi connectivity index (χ2n) is 6.57. The van der Waals surface area contributed by atoms with Crippen LogP contribution >= 0.6 is 0 Å². The van der Waals surface area contributed by atoms with E-state index in [0.717, 1.165) is 12.8 Å². The summed E-state index contributed by atoms with van der Waals surface area (Å²) in [6, 6.07) is 3.48. The van der Waals surface area contributed by atoms with Crippen LogP contribution in [0, 0.1) is 17.0 Å². The Morgan fingerprint density at radius 1 is 1.09 bits per heavy atom. The van der Waals surface area contributed by atoms with E-state index in [1.807, 2.05) is 0 Å². The first-order chi connectivity index (χ1) is 10.5. The lowest BCUT2D eigenvalue weighted by atomic mass is 9.94. The number of carbonyl (C=O) groups excluding carboxylic acids is 1. The van der Waals surface area contributed by atoms with E-state index in [4.69, 9.17) is 0 Å². The highest BCUT2D eigenvalue weighted by Crippen LogP contribution is 2.49. The van der Waals surface area contributed by atoms with Crippen molar-refractivity contribution in [2.75, 3.05) is 19.7 Å². The van der Waals surface area contributed by atoms with Crippen LogP contribution < -0.4 is 10.6 Å². The van der Waals surface area contributed by atoms with Gasteiger partial charge in [0, 0.05) is 29.5 Å². The van der Waals surface area contributed by atoms with Crippen LogP contribution in [-0.2, 0) is 5.41 Å². The van der Waals surface area contributed by atoms with Crippen LogP contribution in [0.5, 0.6) is 0 Å². The van der Waals surface area contributed by atoms with E-state index in [1.54, 1.807) is 0 Å². The Balaban J connectivity index is 1.56. The molecule has 0 unspecified atom stereocenters. The van der Waals surface area contributed by atoms with Gasteiger partial charge in [-0.05, 0) is 37.8 Å². The van der Waals surface area contributed by atoms with Gasteiger partial charge in [-0.1, -0.05) is 6.07 Å². The third-order valence-corrected chi connectivity index (χ3v) is 4.85. The second-order valence-corrected chi connectivity index (χ2v) is 6.57. The lowest BCUT2D eigenvalue weighted by Gasteiger charge is -2.19. The highest BCUT2D eigenvalue weighted by Gasteiger charge is 2.48. The average Bonchev–Trinajstić information content (AvgIpc) is 3.40. The topological polar surface area (TPSA) is 61.4 Å². The molecule has 0 aliphatic heterocycles. The van der Waals surface area contributed by atoms with E-state index in [-0.39, 0.29) is 30.2 Å². The maximum atomic E-state index is 13.9. The lowest BCUT2D eigenvalue weighted by molar-refractivity contribution is 0.202. The Morgan fingerprint density at radius 3 is 2.18 bits per heavy atom. The zero-order valence-electron chi connectivity index (χ0n) is 12.3. The zero-order chi connectivity index (χ0) is 15.8. The van der Waals surface area contributed by atoms with Crippen molar-refractivity contribution in [1.29, 1.82) is 0 Å². The van der Waals surface area contributed by atoms with Crippen LogP contribution in [0.15, 0.2) is 18.2 Å². The largest absolute Gasteiger partial charge is 0.396 e. The molecule has 2 fully saturated rings. The van der Waals surface area contributed by atoms with Crippen LogP contribution in [-0.4, -0.2) is 30.8 Å². The van der Waals surface area contributed by atoms with Gasteiger partial charge in [-0.15, -0.1) is 0 Å². The van der Waals surface area contributed by atoms with Gasteiger partial charge in [0.2, 0.25) is 0 Å². The molecule has 3 N–H and O–H groups in total. The molecule has 2 aliphatic carbocycles. The van der Waals surface area contributed by atoms with Crippen molar-refractivity contribution >= 4 is 6.03 Å². The Labute approximate surface area is 127 Å². The summed E-state index contributed by atoms with van der Waals surface area (Å²) in [6.45, 7) is 0.705. The number of halogens is 2. The smallest absolute Gasteiger partial charge is 0.314 e.